The van der Waals surface area contributed by atoms with Crippen molar-refractivity contribution in [1.29, 1.82) is 0 Å². The Hall–Kier alpha value is -1.93. The molecule has 1 aromatic heterocycles. The zero-order chi connectivity index (χ0) is 14.7. The molecule has 20 heavy (non-hydrogen) atoms. The summed E-state index contributed by atoms with van der Waals surface area (Å²) >= 11 is 0. The van der Waals surface area contributed by atoms with Gasteiger partial charge in [0.2, 0.25) is 0 Å². The third kappa shape index (κ3) is 3.34. The summed E-state index contributed by atoms with van der Waals surface area (Å²) in [7, 11) is 0. The van der Waals surface area contributed by atoms with Crippen LogP contribution in [0.5, 0.6) is 0 Å². The molecule has 1 atom stereocenters. The van der Waals surface area contributed by atoms with Crippen LogP contribution in [0.2, 0.25) is 0 Å². The van der Waals surface area contributed by atoms with Crippen LogP contribution in [0.1, 0.15) is 11.3 Å². The van der Waals surface area contributed by atoms with Crippen LogP contribution in [-0.4, -0.2) is 26.1 Å². The molecule has 108 valence electrons. The van der Waals surface area contributed by atoms with Crippen molar-refractivity contribution >= 4 is 0 Å². The average molecular weight is 286 g/mol. The van der Waals surface area contributed by atoms with Gasteiger partial charge < -0.3 is 10.8 Å². The molecule has 0 saturated carbocycles. The molecule has 0 saturated heterocycles. The van der Waals surface area contributed by atoms with Gasteiger partial charge in [0.25, 0.3) is 0 Å². The first-order chi connectivity index (χ1) is 9.49. The van der Waals surface area contributed by atoms with E-state index in [-0.39, 0.29) is 25.1 Å². The summed E-state index contributed by atoms with van der Waals surface area (Å²) in [6.45, 7) is -0.0293. The molecule has 1 aromatic carbocycles. The number of hydrogen-bond donors (Lipinski definition) is 2. The van der Waals surface area contributed by atoms with Gasteiger partial charge in [0.1, 0.15) is 11.5 Å². The Morgan fingerprint density at radius 3 is 2.55 bits per heavy atom. The second-order valence-electron chi connectivity index (χ2n) is 4.41. The van der Waals surface area contributed by atoms with Crippen LogP contribution < -0.4 is 5.73 Å². The first kappa shape index (κ1) is 14.5. The van der Waals surface area contributed by atoms with Crippen molar-refractivity contribution in [2.75, 3.05) is 0 Å². The quantitative estimate of drug-likeness (QED) is 0.795. The monoisotopic (exact) mass is 286 g/mol. The Bertz CT molecular complexity index is 602. The van der Waals surface area contributed by atoms with E-state index in [4.69, 9.17) is 10.8 Å². The summed E-state index contributed by atoms with van der Waals surface area (Å²) in [6.07, 6.45) is 1.53. The van der Waals surface area contributed by atoms with Crippen LogP contribution in [0, 0.1) is 17.5 Å². The van der Waals surface area contributed by atoms with Crippen LogP contribution in [0.15, 0.2) is 18.3 Å². The Kier molecular flexibility index (Phi) is 4.35. The maximum Gasteiger partial charge on any atom is 0.161 e. The third-order valence-electron chi connectivity index (χ3n) is 2.74. The summed E-state index contributed by atoms with van der Waals surface area (Å²) in [6, 6.07) is 0.740. The first-order valence-corrected chi connectivity index (χ1v) is 5.88. The van der Waals surface area contributed by atoms with Crippen molar-refractivity contribution in [2.45, 2.75) is 25.6 Å². The van der Waals surface area contributed by atoms with Crippen molar-refractivity contribution < 1.29 is 18.3 Å². The Labute approximate surface area is 112 Å². The Morgan fingerprint density at radius 1 is 1.20 bits per heavy atom. The maximum atomic E-state index is 13.5. The van der Waals surface area contributed by atoms with Gasteiger partial charge in [-0.25, -0.2) is 13.2 Å². The summed E-state index contributed by atoms with van der Waals surface area (Å²) in [5, 5.41) is 16.2. The first-order valence-electron chi connectivity index (χ1n) is 5.88. The molecule has 0 fully saturated rings. The van der Waals surface area contributed by atoms with Crippen molar-refractivity contribution in [2.24, 2.45) is 5.73 Å². The highest BCUT2D eigenvalue weighted by Crippen LogP contribution is 2.15. The van der Waals surface area contributed by atoms with Gasteiger partial charge in [-0.1, -0.05) is 5.21 Å². The average Bonchev–Trinajstić information content (AvgIpc) is 2.83. The number of halogens is 3. The normalized spacial score (nSPS) is 12.7. The highest BCUT2D eigenvalue weighted by Gasteiger charge is 2.14. The minimum atomic E-state index is -1.23. The number of aliphatic hydroxyl groups is 1. The van der Waals surface area contributed by atoms with Crippen molar-refractivity contribution in [3.05, 3.63) is 47.0 Å². The molecule has 2 rings (SSSR count). The molecule has 0 aliphatic heterocycles. The van der Waals surface area contributed by atoms with Crippen LogP contribution in [0.4, 0.5) is 13.2 Å². The van der Waals surface area contributed by atoms with Crippen LogP contribution in [0.25, 0.3) is 0 Å². The molecule has 2 aromatic rings. The largest absolute Gasteiger partial charge is 0.390 e. The zero-order valence-corrected chi connectivity index (χ0v) is 10.4. The molecule has 5 nitrogen and oxygen atoms in total. The van der Waals surface area contributed by atoms with Gasteiger partial charge in [-0.05, 0) is 18.1 Å². The molecular formula is C12H13F3N4O. The second-order valence-corrected chi connectivity index (χ2v) is 4.41. The lowest BCUT2D eigenvalue weighted by atomic mass is 10.1. The number of aromatic nitrogens is 3. The van der Waals surface area contributed by atoms with Gasteiger partial charge in [-0.2, -0.15) is 0 Å². The number of aliphatic hydroxyl groups excluding tert-OH is 1. The lowest BCUT2D eigenvalue weighted by Crippen LogP contribution is -2.29. The van der Waals surface area contributed by atoms with Crippen molar-refractivity contribution in [1.82, 2.24) is 15.0 Å². The van der Waals surface area contributed by atoms with E-state index >= 15 is 0 Å². The van der Waals surface area contributed by atoms with E-state index in [1.807, 2.05) is 0 Å². The molecule has 1 heterocycles. The fraction of sp³-hybridized carbons (Fsp3) is 0.333. The van der Waals surface area contributed by atoms with E-state index < -0.39 is 23.5 Å². The van der Waals surface area contributed by atoms with E-state index in [2.05, 4.69) is 10.3 Å². The topological polar surface area (TPSA) is 77.0 Å². The van der Waals surface area contributed by atoms with E-state index in [9.17, 15) is 13.2 Å². The van der Waals surface area contributed by atoms with Gasteiger partial charge >= 0.3 is 0 Å². The lowest BCUT2D eigenvalue weighted by Gasteiger charge is -2.12. The molecule has 0 amide bonds. The lowest BCUT2D eigenvalue weighted by molar-refractivity contribution is 0.276. The van der Waals surface area contributed by atoms with E-state index in [0.29, 0.717) is 11.8 Å². The standard InChI is InChI=1S/C12H13F3N4O/c13-10-3-12(15)11(14)2-7(10)1-8(16)4-19-5-9(6-20)17-18-19/h2-3,5,8,20H,1,4,6,16H2/t8-/m1/s1. The molecule has 3 N–H and O–H groups in total. The molecule has 0 radical (unpaired) electrons. The number of hydrogen-bond acceptors (Lipinski definition) is 4. The predicted octanol–water partition coefficient (Wildman–Crippen LogP) is 0.758. The molecule has 8 heteroatoms. The molecule has 0 bridgehead atoms. The molecule has 0 unspecified atom stereocenters. The van der Waals surface area contributed by atoms with E-state index in [1.54, 1.807) is 0 Å². The van der Waals surface area contributed by atoms with Crippen LogP contribution in [0.3, 0.4) is 0 Å². The smallest absolute Gasteiger partial charge is 0.161 e. The van der Waals surface area contributed by atoms with Gasteiger partial charge in [0.15, 0.2) is 11.6 Å². The third-order valence-corrected chi connectivity index (χ3v) is 2.74. The van der Waals surface area contributed by atoms with E-state index in [0.717, 1.165) is 6.07 Å². The van der Waals surface area contributed by atoms with Gasteiger partial charge in [0.05, 0.1) is 19.3 Å². The summed E-state index contributed by atoms with van der Waals surface area (Å²) in [5.41, 5.74) is 6.20. The van der Waals surface area contributed by atoms with Crippen molar-refractivity contribution in [3.8, 4) is 0 Å². The number of rotatable bonds is 5. The number of nitrogens with two attached hydrogens (primary N) is 1. The molecule has 0 aliphatic carbocycles. The van der Waals surface area contributed by atoms with Gasteiger partial charge in [-0.15, -0.1) is 5.10 Å². The molecular weight excluding hydrogens is 273 g/mol. The van der Waals surface area contributed by atoms with Gasteiger partial charge in [0, 0.05) is 12.1 Å². The SMILES string of the molecule is N[C@H](Cc1cc(F)c(F)cc1F)Cn1cc(CO)nn1. The summed E-state index contributed by atoms with van der Waals surface area (Å²) in [5.74, 6) is -3.19. The maximum absolute atomic E-state index is 13.5. The summed E-state index contributed by atoms with van der Waals surface area (Å²) in [4.78, 5) is 0. The van der Waals surface area contributed by atoms with Crippen LogP contribution in [-0.2, 0) is 19.6 Å². The van der Waals surface area contributed by atoms with Crippen molar-refractivity contribution in [3.63, 3.8) is 0 Å². The highest BCUT2D eigenvalue weighted by molar-refractivity contribution is 5.21. The Balaban J connectivity index is 2.04. The molecule has 0 aliphatic rings. The van der Waals surface area contributed by atoms with E-state index in [1.165, 1.54) is 10.9 Å². The number of benzene rings is 1. The fourth-order valence-electron chi connectivity index (χ4n) is 1.81. The fourth-order valence-corrected chi connectivity index (χ4v) is 1.81. The zero-order valence-electron chi connectivity index (χ0n) is 10.4. The van der Waals surface area contributed by atoms with Crippen LogP contribution >= 0.6 is 0 Å². The highest BCUT2D eigenvalue weighted by atomic mass is 19.2. The second kappa shape index (κ2) is 6.02. The number of nitrogens with zero attached hydrogens (tertiary/aromatic N) is 3. The Morgan fingerprint density at radius 2 is 1.90 bits per heavy atom. The molecule has 0 spiro atoms. The van der Waals surface area contributed by atoms with Gasteiger partial charge in [-0.3, -0.25) is 4.68 Å². The minimum Gasteiger partial charge on any atom is -0.390 e. The summed E-state index contributed by atoms with van der Waals surface area (Å²) < 4.78 is 40.7. The predicted molar refractivity (Wildman–Crippen MR) is 63.9 cm³/mol. The minimum absolute atomic E-state index is 0.00102.